The summed E-state index contributed by atoms with van der Waals surface area (Å²) in [6.07, 6.45) is 1.35. The minimum absolute atomic E-state index is 0.0770. The number of nitrogens with one attached hydrogen (secondary N) is 1. The summed E-state index contributed by atoms with van der Waals surface area (Å²) in [5.41, 5.74) is 5.43. The minimum Gasteiger partial charge on any atom is -0.397 e. The molecule has 0 aliphatic carbocycles. The van der Waals surface area contributed by atoms with Crippen molar-refractivity contribution >= 4 is 17.3 Å². The van der Waals surface area contributed by atoms with Crippen LogP contribution in [0.2, 0.25) is 0 Å². The number of pyridine rings is 1. The molecule has 0 saturated heterocycles. The van der Waals surface area contributed by atoms with Gasteiger partial charge in [0.05, 0.1) is 23.1 Å². The monoisotopic (exact) mass is 281 g/mol. The number of benzene rings is 1. The number of aryl methyl sites for hydroxylation is 1. The zero-order chi connectivity index (χ0) is 14.9. The summed E-state index contributed by atoms with van der Waals surface area (Å²) in [5, 5.41) is 2.04. The molecule has 104 valence electrons. The number of nitrogens with two attached hydrogens (primary N) is 1. The van der Waals surface area contributed by atoms with Crippen molar-refractivity contribution in [3.8, 4) is 0 Å². The first kappa shape index (κ1) is 13.9. The summed E-state index contributed by atoms with van der Waals surface area (Å²) in [4.78, 5) is 15.8. The molecule has 4 nitrogen and oxygen atoms in total. The third kappa shape index (κ3) is 2.71. The van der Waals surface area contributed by atoms with Gasteiger partial charge in [-0.2, -0.15) is 0 Å². The summed E-state index contributed by atoms with van der Waals surface area (Å²) in [5.74, 6) is -4.26. The van der Waals surface area contributed by atoms with Crippen LogP contribution in [0.3, 0.4) is 0 Å². The second kappa shape index (κ2) is 5.20. The smallest absolute Gasteiger partial charge is 0.257 e. The molecule has 1 amide bonds. The van der Waals surface area contributed by atoms with Crippen LogP contribution in [0, 0.1) is 24.4 Å². The molecule has 0 aliphatic rings. The van der Waals surface area contributed by atoms with Crippen LogP contribution in [-0.4, -0.2) is 10.9 Å². The van der Waals surface area contributed by atoms with E-state index in [0.29, 0.717) is 17.8 Å². The van der Waals surface area contributed by atoms with Gasteiger partial charge in [0.25, 0.3) is 5.91 Å². The van der Waals surface area contributed by atoms with Gasteiger partial charge < -0.3 is 11.1 Å². The van der Waals surface area contributed by atoms with Gasteiger partial charge >= 0.3 is 0 Å². The van der Waals surface area contributed by atoms with Gasteiger partial charge in [-0.15, -0.1) is 0 Å². The highest BCUT2D eigenvalue weighted by atomic mass is 19.1. The first-order valence-corrected chi connectivity index (χ1v) is 5.56. The molecule has 3 N–H and O–H groups in total. The Morgan fingerprint density at radius 2 is 1.80 bits per heavy atom. The summed E-state index contributed by atoms with van der Waals surface area (Å²) in [6, 6.07) is 2.28. The largest absolute Gasteiger partial charge is 0.397 e. The fourth-order valence-electron chi connectivity index (χ4n) is 1.62. The van der Waals surface area contributed by atoms with E-state index < -0.39 is 29.0 Å². The molecule has 20 heavy (non-hydrogen) atoms. The molecule has 7 heteroatoms. The molecule has 1 aromatic carbocycles. The van der Waals surface area contributed by atoms with Gasteiger partial charge in [0, 0.05) is 12.1 Å². The third-order valence-electron chi connectivity index (χ3n) is 2.60. The lowest BCUT2D eigenvalue weighted by Gasteiger charge is -2.09. The second-order valence-corrected chi connectivity index (χ2v) is 4.10. The van der Waals surface area contributed by atoms with Gasteiger partial charge in [-0.3, -0.25) is 9.78 Å². The lowest BCUT2D eigenvalue weighted by Crippen LogP contribution is -2.16. The van der Waals surface area contributed by atoms with E-state index in [9.17, 15) is 18.0 Å². The molecule has 0 saturated carbocycles. The van der Waals surface area contributed by atoms with E-state index in [1.54, 1.807) is 6.92 Å². The van der Waals surface area contributed by atoms with E-state index in [1.165, 1.54) is 12.3 Å². The van der Waals surface area contributed by atoms with E-state index in [4.69, 9.17) is 5.73 Å². The minimum atomic E-state index is -1.20. The number of rotatable bonds is 2. The molecule has 1 aromatic heterocycles. The van der Waals surface area contributed by atoms with Crippen LogP contribution in [0.25, 0.3) is 0 Å². The number of nitrogens with zero attached hydrogens (tertiary/aromatic N) is 1. The first-order valence-electron chi connectivity index (χ1n) is 5.56. The Kier molecular flexibility index (Phi) is 3.60. The second-order valence-electron chi connectivity index (χ2n) is 4.10. The molecule has 0 fully saturated rings. The lowest BCUT2D eigenvalue weighted by atomic mass is 10.1. The van der Waals surface area contributed by atoms with E-state index in [2.05, 4.69) is 4.98 Å². The highest BCUT2D eigenvalue weighted by Crippen LogP contribution is 2.21. The first-order chi connectivity index (χ1) is 9.38. The summed E-state index contributed by atoms with van der Waals surface area (Å²) in [6.45, 7) is 1.55. The summed E-state index contributed by atoms with van der Waals surface area (Å²) < 4.78 is 39.6. The van der Waals surface area contributed by atoms with Gasteiger partial charge in [0.1, 0.15) is 11.5 Å². The maximum absolute atomic E-state index is 13.4. The number of carbonyl (C=O) groups excluding carboxylic acids is 1. The predicted molar refractivity (Wildman–Crippen MR) is 67.7 cm³/mol. The lowest BCUT2D eigenvalue weighted by molar-refractivity contribution is 0.102. The maximum atomic E-state index is 13.4. The SMILES string of the molecule is Cc1ncc(N)cc1C(=O)Nc1c(F)cc(F)cc1F. The van der Waals surface area contributed by atoms with Crippen LogP contribution in [0.15, 0.2) is 24.4 Å². The van der Waals surface area contributed by atoms with Gasteiger partial charge in [-0.25, -0.2) is 13.2 Å². The van der Waals surface area contributed by atoms with Crippen LogP contribution in [-0.2, 0) is 0 Å². The molecule has 0 bridgehead atoms. The van der Waals surface area contributed by atoms with E-state index >= 15 is 0 Å². The van der Waals surface area contributed by atoms with Crippen molar-refractivity contribution in [1.29, 1.82) is 0 Å². The topological polar surface area (TPSA) is 68.0 Å². The van der Waals surface area contributed by atoms with Crippen molar-refractivity contribution in [2.45, 2.75) is 6.92 Å². The van der Waals surface area contributed by atoms with Crippen molar-refractivity contribution in [2.24, 2.45) is 0 Å². The number of halogens is 3. The average molecular weight is 281 g/mol. The Balaban J connectivity index is 2.35. The number of aromatic nitrogens is 1. The number of carbonyl (C=O) groups is 1. The van der Waals surface area contributed by atoms with Gasteiger partial charge in [-0.1, -0.05) is 0 Å². The Bertz CT molecular complexity index is 666. The molecular weight excluding hydrogens is 271 g/mol. The number of hydrogen-bond donors (Lipinski definition) is 2. The quantitative estimate of drug-likeness (QED) is 0.889. The zero-order valence-electron chi connectivity index (χ0n) is 10.4. The molecular formula is C13H10F3N3O. The standard InChI is InChI=1S/C13H10F3N3O/c1-6-9(4-8(17)5-18-6)13(20)19-12-10(15)2-7(14)3-11(12)16/h2-5H,17H2,1H3,(H,19,20). The summed E-state index contributed by atoms with van der Waals surface area (Å²) >= 11 is 0. The third-order valence-corrected chi connectivity index (χ3v) is 2.60. The molecule has 0 unspecified atom stereocenters. The predicted octanol–water partition coefficient (Wildman–Crippen LogP) is 2.64. The highest BCUT2D eigenvalue weighted by molar-refractivity contribution is 6.05. The van der Waals surface area contributed by atoms with Crippen LogP contribution < -0.4 is 11.1 Å². The summed E-state index contributed by atoms with van der Waals surface area (Å²) in [7, 11) is 0. The van der Waals surface area contributed by atoms with Crippen molar-refractivity contribution in [1.82, 2.24) is 4.98 Å². The fraction of sp³-hybridized carbons (Fsp3) is 0.0769. The van der Waals surface area contributed by atoms with Gasteiger partial charge in [0.15, 0.2) is 11.6 Å². The molecule has 2 aromatic rings. The Morgan fingerprint density at radius 1 is 1.20 bits per heavy atom. The Hall–Kier alpha value is -2.57. The Labute approximate surface area is 112 Å². The van der Waals surface area contributed by atoms with Crippen molar-refractivity contribution < 1.29 is 18.0 Å². The molecule has 0 atom stereocenters. The van der Waals surface area contributed by atoms with Crippen molar-refractivity contribution in [2.75, 3.05) is 11.1 Å². The average Bonchev–Trinajstić information content (AvgIpc) is 2.36. The molecule has 0 aliphatic heterocycles. The number of anilines is 2. The Morgan fingerprint density at radius 3 is 2.40 bits per heavy atom. The highest BCUT2D eigenvalue weighted by Gasteiger charge is 2.17. The fourth-order valence-corrected chi connectivity index (χ4v) is 1.62. The number of hydrogen-bond acceptors (Lipinski definition) is 3. The maximum Gasteiger partial charge on any atom is 0.257 e. The molecule has 0 radical (unpaired) electrons. The van der Waals surface area contributed by atoms with E-state index in [0.717, 1.165) is 0 Å². The van der Waals surface area contributed by atoms with E-state index in [1.807, 2.05) is 5.32 Å². The molecule has 2 rings (SSSR count). The molecule has 1 heterocycles. The van der Waals surface area contributed by atoms with Crippen LogP contribution >= 0.6 is 0 Å². The zero-order valence-corrected chi connectivity index (χ0v) is 10.4. The van der Waals surface area contributed by atoms with Gasteiger partial charge in [-0.05, 0) is 13.0 Å². The number of nitrogen functional groups attached to an aromatic ring is 1. The van der Waals surface area contributed by atoms with Gasteiger partial charge in [0.2, 0.25) is 0 Å². The number of amides is 1. The van der Waals surface area contributed by atoms with E-state index in [-0.39, 0.29) is 11.3 Å². The molecule has 0 spiro atoms. The van der Waals surface area contributed by atoms with Crippen LogP contribution in [0.5, 0.6) is 0 Å². The van der Waals surface area contributed by atoms with Crippen LogP contribution in [0.1, 0.15) is 16.1 Å². The normalized spacial score (nSPS) is 10.4. The van der Waals surface area contributed by atoms with Crippen molar-refractivity contribution in [3.63, 3.8) is 0 Å². The van der Waals surface area contributed by atoms with Crippen molar-refractivity contribution in [3.05, 3.63) is 53.1 Å². The van der Waals surface area contributed by atoms with Crippen LogP contribution in [0.4, 0.5) is 24.5 Å².